The van der Waals surface area contributed by atoms with Gasteiger partial charge in [0.1, 0.15) is 10.8 Å². The molecule has 0 atom stereocenters. The molecule has 0 aliphatic heterocycles. The van der Waals surface area contributed by atoms with Crippen LogP contribution < -0.4 is 0 Å². The second kappa shape index (κ2) is 5.19. The van der Waals surface area contributed by atoms with Gasteiger partial charge in [-0.3, -0.25) is 0 Å². The third kappa shape index (κ3) is 2.53. The Balaban J connectivity index is 2.51. The zero-order chi connectivity index (χ0) is 12.4. The maximum absolute atomic E-state index is 13.9. The summed E-state index contributed by atoms with van der Waals surface area (Å²) in [6.45, 7) is 4.19. The normalized spacial score (nSPS) is 11.1. The van der Waals surface area contributed by atoms with Gasteiger partial charge >= 0.3 is 0 Å². The number of nitrogens with zero attached hydrogens (tertiary/aromatic N) is 1. The Labute approximate surface area is 109 Å². The predicted molar refractivity (Wildman–Crippen MR) is 73.4 cm³/mol. The number of thiazole rings is 1. The second-order valence-corrected chi connectivity index (χ2v) is 5.76. The summed E-state index contributed by atoms with van der Waals surface area (Å²) in [5, 5.41) is 2.78. The van der Waals surface area contributed by atoms with Crippen molar-refractivity contribution in [2.24, 2.45) is 0 Å². The Morgan fingerprint density at radius 3 is 2.71 bits per heavy atom. The van der Waals surface area contributed by atoms with E-state index in [4.69, 9.17) is 0 Å². The van der Waals surface area contributed by atoms with Gasteiger partial charge in [-0.2, -0.15) is 0 Å². The first-order chi connectivity index (χ1) is 8.13. The minimum atomic E-state index is -0.193. The lowest BCUT2D eigenvalue weighted by Gasteiger charge is -2.05. The Morgan fingerprint density at radius 1 is 1.35 bits per heavy atom. The second-order valence-electron chi connectivity index (χ2n) is 4.05. The lowest BCUT2D eigenvalue weighted by Crippen LogP contribution is -1.90. The first kappa shape index (κ1) is 12.6. The van der Waals surface area contributed by atoms with E-state index in [1.165, 1.54) is 17.4 Å². The number of rotatable bonds is 3. The first-order valence-electron chi connectivity index (χ1n) is 5.41. The van der Waals surface area contributed by atoms with Crippen molar-refractivity contribution in [1.82, 2.24) is 4.98 Å². The van der Waals surface area contributed by atoms with Gasteiger partial charge < -0.3 is 0 Å². The summed E-state index contributed by atoms with van der Waals surface area (Å²) in [7, 11) is 0. The van der Waals surface area contributed by atoms with Crippen LogP contribution in [0.2, 0.25) is 0 Å². The van der Waals surface area contributed by atoms with Crippen LogP contribution in [0.15, 0.2) is 28.5 Å². The standard InChI is InChI=1S/C13H14FNS2/c1-8(2)10-7-17-13(15-10)12-9(14)5-4-6-11(12)16-3/h4-8H,1-3H3. The molecule has 17 heavy (non-hydrogen) atoms. The van der Waals surface area contributed by atoms with E-state index in [-0.39, 0.29) is 5.82 Å². The summed E-state index contributed by atoms with van der Waals surface area (Å²) in [6.07, 6.45) is 1.95. The van der Waals surface area contributed by atoms with Gasteiger partial charge in [0.2, 0.25) is 0 Å². The van der Waals surface area contributed by atoms with E-state index >= 15 is 0 Å². The van der Waals surface area contributed by atoms with Gasteiger partial charge in [-0.25, -0.2) is 9.37 Å². The van der Waals surface area contributed by atoms with Crippen LogP contribution in [0, 0.1) is 5.82 Å². The zero-order valence-corrected chi connectivity index (χ0v) is 11.7. The van der Waals surface area contributed by atoms with Crippen LogP contribution in [0.1, 0.15) is 25.5 Å². The van der Waals surface area contributed by atoms with Crippen LogP contribution in [-0.2, 0) is 0 Å². The molecule has 0 N–H and O–H groups in total. The van der Waals surface area contributed by atoms with Crippen LogP contribution >= 0.6 is 23.1 Å². The van der Waals surface area contributed by atoms with Crippen LogP contribution in [0.3, 0.4) is 0 Å². The molecule has 1 nitrogen and oxygen atoms in total. The fourth-order valence-electron chi connectivity index (χ4n) is 1.55. The number of halogens is 1. The fourth-order valence-corrected chi connectivity index (χ4v) is 3.27. The summed E-state index contributed by atoms with van der Waals surface area (Å²) < 4.78 is 13.9. The van der Waals surface area contributed by atoms with Gasteiger partial charge in [-0.1, -0.05) is 19.9 Å². The minimum Gasteiger partial charge on any atom is -0.241 e. The number of thioether (sulfide) groups is 1. The topological polar surface area (TPSA) is 12.9 Å². The molecular formula is C13H14FNS2. The Bertz CT molecular complexity index is 520. The number of hydrogen-bond acceptors (Lipinski definition) is 3. The molecule has 0 unspecified atom stereocenters. The van der Waals surface area contributed by atoms with Crippen molar-refractivity contribution in [3.05, 3.63) is 35.1 Å². The third-order valence-electron chi connectivity index (χ3n) is 2.52. The summed E-state index contributed by atoms with van der Waals surface area (Å²) >= 11 is 3.06. The smallest absolute Gasteiger partial charge is 0.134 e. The van der Waals surface area contributed by atoms with Gasteiger partial charge in [-0.05, 0) is 24.3 Å². The molecule has 90 valence electrons. The summed E-state index contributed by atoms with van der Waals surface area (Å²) in [5.41, 5.74) is 1.66. The highest BCUT2D eigenvalue weighted by atomic mass is 32.2. The SMILES string of the molecule is CSc1cccc(F)c1-c1nc(C(C)C)cs1. The lowest BCUT2D eigenvalue weighted by atomic mass is 10.1. The lowest BCUT2D eigenvalue weighted by molar-refractivity contribution is 0.628. The average Bonchev–Trinajstić information content (AvgIpc) is 2.77. The molecule has 1 aromatic heterocycles. The van der Waals surface area contributed by atoms with Crippen LogP contribution in [0.4, 0.5) is 4.39 Å². The van der Waals surface area contributed by atoms with Crippen molar-refractivity contribution >= 4 is 23.1 Å². The van der Waals surface area contributed by atoms with Gasteiger partial charge in [-0.15, -0.1) is 23.1 Å². The molecule has 0 amide bonds. The zero-order valence-electron chi connectivity index (χ0n) is 10.0. The van der Waals surface area contributed by atoms with Gasteiger partial charge in [0.05, 0.1) is 11.3 Å². The highest BCUT2D eigenvalue weighted by Gasteiger charge is 2.14. The van der Waals surface area contributed by atoms with Crippen molar-refractivity contribution in [3.63, 3.8) is 0 Å². The average molecular weight is 267 g/mol. The van der Waals surface area contributed by atoms with Crippen LogP contribution in [0.5, 0.6) is 0 Å². The molecule has 0 bridgehead atoms. The van der Waals surface area contributed by atoms with E-state index in [1.54, 1.807) is 17.8 Å². The number of hydrogen-bond donors (Lipinski definition) is 0. The Kier molecular flexibility index (Phi) is 3.84. The quantitative estimate of drug-likeness (QED) is 0.741. The van der Waals surface area contributed by atoms with Crippen LogP contribution in [-0.4, -0.2) is 11.2 Å². The summed E-state index contributed by atoms with van der Waals surface area (Å²) in [5.74, 6) is 0.186. The molecule has 0 fully saturated rings. The highest BCUT2D eigenvalue weighted by molar-refractivity contribution is 7.98. The predicted octanol–water partition coefficient (Wildman–Crippen LogP) is 4.79. The van der Waals surface area contributed by atoms with Crippen molar-refractivity contribution in [2.75, 3.05) is 6.26 Å². The molecular weight excluding hydrogens is 253 g/mol. The van der Waals surface area contributed by atoms with Crippen molar-refractivity contribution in [3.8, 4) is 10.6 Å². The molecule has 2 rings (SSSR count). The van der Waals surface area contributed by atoms with E-state index in [9.17, 15) is 4.39 Å². The molecule has 1 heterocycles. The summed E-state index contributed by atoms with van der Waals surface area (Å²) in [6, 6.07) is 5.16. The first-order valence-corrected chi connectivity index (χ1v) is 7.52. The van der Waals surface area contributed by atoms with Crippen molar-refractivity contribution in [2.45, 2.75) is 24.7 Å². The van der Waals surface area contributed by atoms with E-state index in [2.05, 4.69) is 18.8 Å². The molecule has 0 spiro atoms. The molecule has 1 aromatic carbocycles. The Hall–Kier alpha value is -0.870. The number of benzene rings is 1. The minimum absolute atomic E-state index is 0.193. The third-order valence-corrected chi connectivity index (χ3v) is 4.18. The van der Waals surface area contributed by atoms with Crippen LogP contribution in [0.25, 0.3) is 10.6 Å². The maximum atomic E-state index is 13.9. The molecule has 0 saturated carbocycles. The molecule has 0 aliphatic rings. The van der Waals surface area contributed by atoms with E-state index < -0.39 is 0 Å². The summed E-state index contributed by atoms with van der Waals surface area (Å²) in [4.78, 5) is 5.45. The van der Waals surface area contributed by atoms with E-state index in [0.29, 0.717) is 11.5 Å². The van der Waals surface area contributed by atoms with Crippen molar-refractivity contribution < 1.29 is 4.39 Å². The molecule has 2 aromatic rings. The molecule has 0 aliphatic carbocycles. The van der Waals surface area contributed by atoms with E-state index in [0.717, 1.165) is 15.6 Å². The largest absolute Gasteiger partial charge is 0.241 e. The fraction of sp³-hybridized carbons (Fsp3) is 0.308. The number of aromatic nitrogens is 1. The van der Waals surface area contributed by atoms with Gasteiger partial charge in [0.25, 0.3) is 0 Å². The van der Waals surface area contributed by atoms with E-state index in [1.807, 2.05) is 17.7 Å². The Morgan fingerprint density at radius 2 is 2.12 bits per heavy atom. The monoisotopic (exact) mass is 267 g/mol. The maximum Gasteiger partial charge on any atom is 0.134 e. The van der Waals surface area contributed by atoms with Crippen molar-refractivity contribution in [1.29, 1.82) is 0 Å². The highest BCUT2D eigenvalue weighted by Crippen LogP contribution is 2.35. The van der Waals surface area contributed by atoms with Gasteiger partial charge in [0, 0.05) is 10.3 Å². The molecule has 0 saturated heterocycles. The molecule has 0 radical (unpaired) electrons. The molecule has 4 heteroatoms. The van der Waals surface area contributed by atoms with Gasteiger partial charge in [0.15, 0.2) is 0 Å².